The van der Waals surface area contributed by atoms with E-state index in [1.807, 2.05) is 0 Å². The highest BCUT2D eigenvalue weighted by molar-refractivity contribution is 5.99. The van der Waals surface area contributed by atoms with Crippen molar-refractivity contribution in [3.05, 3.63) is 64.1 Å². The Kier molecular flexibility index (Phi) is 7.90. The fourth-order valence-corrected chi connectivity index (χ4v) is 3.69. The van der Waals surface area contributed by atoms with Crippen molar-refractivity contribution in [1.82, 2.24) is 25.7 Å². The van der Waals surface area contributed by atoms with Gasteiger partial charge < -0.3 is 16.2 Å². The van der Waals surface area contributed by atoms with Gasteiger partial charge in [-0.1, -0.05) is 11.6 Å². The molecule has 0 saturated carbocycles. The van der Waals surface area contributed by atoms with Gasteiger partial charge >= 0.3 is 5.92 Å². The zero-order valence-electron chi connectivity index (χ0n) is 19.1. The molecular formula is C23H28F2N6O3. The number of aliphatic hydroxyl groups is 1. The molecule has 0 bridgehead atoms. The molecule has 1 aliphatic heterocycles. The van der Waals surface area contributed by atoms with Crippen molar-refractivity contribution in [3.8, 4) is 0 Å². The lowest BCUT2D eigenvalue weighted by Crippen LogP contribution is -2.50. The van der Waals surface area contributed by atoms with Gasteiger partial charge in [0.15, 0.2) is 0 Å². The summed E-state index contributed by atoms with van der Waals surface area (Å²) in [5.41, 5.74) is 10.6. The maximum absolute atomic E-state index is 14.4. The summed E-state index contributed by atoms with van der Waals surface area (Å²) in [4.78, 5) is 33.2. The average Bonchev–Trinajstić information content (AvgIpc) is 2.80. The van der Waals surface area contributed by atoms with Gasteiger partial charge in [-0.3, -0.25) is 19.6 Å². The smallest absolute Gasteiger partial charge is 0.303 e. The van der Waals surface area contributed by atoms with Gasteiger partial charge in [0.05, 0.1) is 25.3 Å². The second kappa shape index (κ2) is 10.7. The third-order valence-electron chi connectivity index (χ3n) is 5.66. The number of alkyl halides is 2. The lowest BCUT2D eigenvalue weighted by atomic mass is 9.98. The van der Waals surface area contributed by atoms with E-state index in [2.05, 4.69) is 20.7 Å². The molecule has 2 amide bonds. The van der Waals surface area contributed by atoms with Crippen LogP contribution in [0.1, 0.15) is 42.3 Å². The fraction of sp³-hybridized carbons (Fsp3) is 0.391. The number of nitrogen functional groups attached to an aromatic ring is 1. The lowest BCUT2D eigenvalue weighted by Gasteiger charge is -2.31. The Labute approximate surface area is 196 Å². The maximum atomic E-state index is 14.4. The monoisotopic (exact) mass is 474 g/mol. The first-order valence-electron chi connectivity index (χ1n) is 10.8. The number of hydrogen-bond donors (Lipinski definition) is 4. The van der Waals surface area contributed by atoms with Gasteiger partial charge in [-0.2, -0.15) is 8.78 Å². The van der Waals surface area contributed by atoms with E-state index in [-0.39, 0.29) is 37.5 Å². The first kappa shape index (κ1) is 25.2. The number of aryl methyl sites for hydroxylation is 1. The summed E-state index contributed by atoms with van der Waals surface area (Å²) < 4.78 is 28.9. The normalized spacial score (nSPS) is 14.5. The Morgan fingerprint density at radius 2 is 2.09 bits per heavy atom. The summed E-state index contributed by atoms with van der Waals surface area (Å²) in [5, 5.41) is 13.4. The molecule has 1 aliphatic rings. The standard InChI is InChI=1S/C23H28F2N6O3/c1-14-6-8-31(29-13-23(24,25)19-5-3-4-7-27-19)22(34)16(14)10-21(33)28-11-17-15(2)9-20(26)30-18(17)12-32/h3-5,7,9,29,32H,6,8,10-13H2,1-2H3,(H2,26,30)(H,28,33). The number of hydrazine groups is 1. The summed E-state index contributed by atoms with van der Waals surface area (Å²) in [6.07, 6.45) is 1.53. The minimum Gasteiger partial charge on any atom is -0.390 e. The third kappa shape index (κ3) is 5.91. The SMILES string of the molecule is CC1=C(CC(=O)NCc2c(C)cc(N)nc2CO)C(=O)N(NCC(F)(F)c2ccccn2)CC1. The highest BCUT2D eigenvalue weighted by Crippen LogP contribution is 2.26. The molecule has 0 aliphatic carbocycles. The predicted octanol–water partition coefficient (Wildman–Crippen LogP) is 1.71. The Bertz CT molecular complexity index is 1090. The number of nitrogens with two attached hydrogens (primary N) is 1. The van der Waals surface area contributed by atoms with Crippen molar-refractivity contribution < 1.29 is 23.5 Å². The van der Waals surface area contributed by atoms with Crippen LogP contribution in [0.3, 0.4) is 0 Å². The molecule has 5 N–H and O–H groups in total. The summed E-state index contributed by atoms with van der Waals surface area (Å²) in [6.45, 7) is 2.72. The number of nitrogens with zero attached hydrogens (tertiary/aromatic N) is 3. The molecule has 0 radical (unpaired) electrons. The van der Waals surface area contributed by atoms with E-state index in [0.29, 0.717) is 17.7 Å². The van der Waals surface area contributed by atoms with Crippen molar-refractivity contribution >= 4 is 17.6 Å². The number of aliphatic hydroxyl groups excluding tert-OH is 1. The lowest BCUT2D eigenvalue weighted by molar-refractivity contribution is -0.134. The Morgan fingerprint density at radius 1 is 1.32 bits per heavy atom. The Morgan fingerprint density at radius 3 is 2.76 bits per heavy atom. The molecule has 3 rings (SSSR count). The molecule has 182 valence electrons. The molecule has 0 aromatic carbocycles. The molecule has 11 heteroatoms. The van der Waals surface area contributed by atoms with Crippen LogP contribution in [-0.4, -0.2) is 45.0 Å². The summed E-state index contributed by atoms with van der Waals surface area (Å²) in [6, 6.07) is 5.88. The molecule has 34 heavy (non-hydrogen) atoms. The molecule has 0 fully saturated rings. The number of anilines is 1. The highest BCUT2D eigenvalue weighted by atomic mass is 19.3. The number of aromatic nitrogens is 2. The number of halogens is 2. The fourth-order valence-electron chi connectivity index (χ4n) is 3.69. The minimum atomic E-state index is -3.27. The Balaban J connectivity index is 1.61. The van der Waals surface area contributed by atoms with Gasteiger partial charge in [0.1, 0.15) is 11.5 Å². The molecular weight excluding hydrogens is 446 g/mol. The van der Waals surface area contributed by atoms with E-state index in [0.717, 1.165) is 16.1 Å². The van der Waals surface area contributed by atoms with Crippen molar-refractivity contribution in [2.45, 2.75) is 45.8 Å². The van der Waals surface area contributed by atoms with Crippen LogP contribution in [0.2, 0.25) is 0 Å². The maximum Gasteiger partial charge on any atom is 0.303 e. The predicted molar refractivity (Wildman–Crippen MR) is 121 cm³/mol. The molecule has 0 unspecified atom stereocenters. The second-order valence-electron chi connectivity index (χ2n) is 8.12. The van der Waals surface area contributed by atoms with Gasteiger partial charge in [-0.25, -0.2) is 10.4 Å². The van der Waals surface area contributed by atoms with E-state index in [4.69, 9.17) is 5.73 Å². The second-order valence-corrected chi connectivity index (χ2v) is 8.12. The Hall–Kier alpha value is -3.44. The molecule has 0 spiro atoms. The van der Waals surface area contributed by atoms with Crippen LogP contribution in [0.25, 0.3) is 0 Å². The van der Waals surface area contributed by atoms with E-state index < -0.39 is 30.0 Å². The van der Waals surface area contributed by atoms with Gasteiger partial charge in [0.25, 0.3) is 5.91 Å². The number of pyridine rings is 2. The van der Waals surface area contributed by atoms with Crippen LogP contribution in [-0.2, 0) is 28.7 Å². The number of carbonyl (C=O) groups excluding carboxylic acids is 2. The quantitative estimate of drug-likeness (QED) is 0.435. The zero-order chi connectivity index (χ0) is 24.9. The third-order valence-corrected chi connectivity index (χ3v) is 5.66. The number of rotatable bonds is 9. The van der Waals surface area contributed by atoms with Gasteiger partial charge in [0, 0.05) is 24.9 Å². The molecule has 0 saturated heterocycles. The number of carbonyl (C=O) groups is 2. The number of hydrogen-bond acceptors (Lipinski definition) is 7. The van der Waals surface area contributed by atoms with E-state index in [9.17, 15) is 23.5 Å². The first-order chi connectivity index (χ1) is 16.1. The van der Waals surface area contributed by atoms with Gasteiger partial charge in [-0.05, 0) is 49.6 Å². The van der Waals surface area contributed by atoms with E-state index >= 15 is 0 Å². The van der Waals surface area contributed by atoms with Gasteiger partial charge in [-0.15, -0.1) is 0 Å². The molecule has 2 aromatic rings. The van der Waals surface area contributed by atoms with Crippen LogP contribution in [0, 0.1) is 6.92 Å². The minimum absolute atomic E-state index is 0.104. The first-order valence-corrected chi connectivity index (χ1v) is 10.8. The van der Waals surface area contributed by atoms with E-state index in [1.165, 1.54) is 18.3 Å². The van der Waals surface area contributed by atoms with Gasteiger partial charge in [0.2, 0.25) is 5.91 Å². The summed E-state index contributed by atoms with van der Waals surface area (Å²) in [7, 11) is 0. The van der Waals surface area contributed by atoms with Crippen LogP contribution in [0.5, 0.6) is 0 Å². The van der Waals surface area contributed by atoms with Crippen LogP contribution < -0.4 is 16.5 Å². The number of nitrogens with one attached hydrogen (secondary N) is 2. The molecule has 2 aromatic heterocycles. The van der Waals surface area contributed by atoms with Crippen molar-refractivity contribution in [3.63, 3.8) is 0 Å². The molecule has 9 nitrogen and oxygen atoms in total. The largest absolute Gasteiger partial charge is 0.390 e. The topological polar surface area (TPSA) is 133 Å². The van der Waals surface area contributed by atoms with Crippen LogP contribution in [0.15, 0.2) is 41.6 Å². The molecule has 3 heterocycles. The van der Waals surface area contributed by atoms with Crippen molar-refractivity contribution in [2.75, 3.05) is 18.8 Å². The van der Waals surface area contributed by atoms with Crippen LogP contribution >= 0.6 is 0 Å². The average molecular weight is 475 g/mol. The zero-order valence-corrected chi connectivity index (χ0v) is 19.1. The van der Waals surface area contributed by atoms with Crippen molar-refractivity contribution in [1.29, 1.82) is 0 Å². The van der Waals surface area contributed by atoms with Crippen LogP contribution in [0.4, 0.5) is 14.6 Å². The highest BCUT2D eigenvalue weighted by Gasteiger charge is 2.35. The summed E-state index contributed by atoms with van der Waals surface area (Å²) in [5.74, 6) is -3.93. The number of amides is 2. The molecule has 0 atom stereocenters. The van der Waals surface area contributed by atoms with E-state index in [1.54, 1.807) is 26.0 Å². The summed E-state index contributed by atoms with van der Waals surface area (Å²) >= 11 is 0. The van der Waals surface area contributed by atoms with Crippen molar-refractivity contribution in [2.24, 2.45) is 0 Å².